The van der Waals surface area contributed by atoms with Gasteiger partial charge in [-0.3, -0.25) is 5.32 Å². The van der Waals surface area contributed by atoms with E-state index in [4.69, 9.17) is 15.9 Å². The molecule has 0 fully saturated rings. The third-order valence-corrected chi connectivity index (χ3v) is 3.31. The van der Waals surface area contributed by atoms with E-state index in [-0.39, 0.29) is 5.95 Å². The summed E-state index contributed by atoms with van der Waals surface area (Å²) in [4.78, 5) is 29.2. The van der Waals surface area contributed by atoms with Gasteiger partial charge in [0.25, 0.3) is 0 Å². The highest BCUT2D eigenvalue weighted by Crippen LogP contribution is 2.27. The fourth-order valence-electron chi connectivity index (χ4n) is 2.35. The van der Waals surface area contributed by atoms with E-state index in [1.807, 2.05) is 0 Å². The van der Waals surface area contributed by atoms with Crippen LogP contribution in [-0.4, -0.2) is 32.9 Å². The minimum absolute atomic E-state index is 0.0228. The third-order valence-electron chi connectivity index (χ3n) is 3.31. The summed E-state index contributed by atoms with van der Waals surface area (Å²) >= 11 is 0. The van der Waals surface area contributed by atoms with Crippen molar-refractivity contribution in [2.45, 2.75) is 52.7 Å². The predicted octanol–water partition coefficient (Wildman–Crippen LogP) is 4.66. The Morgan fingerprint density at radius 3 is 2.25 bits per heavy atom. The van der Waals surface area contributed by atoms with E-state index in [1.165, 1.54) is 10.8 Å². The van der Waals surface area contributed by atoms with Crippen molar-refractivity contribution >= 4 is 18.1 Å². The molecule has 2 rings (SSSR count). The van der Waals surface area contributed by atoms with Crippen LogP contribution in [-0.2, 0) is 9.47 Å². The second kappa shape index (κ2) is 7.77. The molecule has 0 aliphatic heterocycles. The predicted molar refractivity (Wildman–Crippen MR) is 107 cm³/mol. The number of carbonyl (C=O) groups excluding carboxylic acids is 2. The number of terminal acetylenes is 1. The van der Waals surface area contributed by atoms with Gasteiger partial charge in [-0.1, -0.05) is 24.1 Å². The monoisotopic (exact) mass is 383 g/mol. The molecule has 0 saturated heterocycles. The number of hydrogen-bond acceptors (Lipinski definition) is 5. The van der Waals surface area contributed by atoms with Gasteiger partial charge in [0, 0.05) is 11.1 Å². The van der Waals surface area contributed by atoms with Crippen LogP contribution in [0, 0.1) is 12.3 Å². The Morgan fingerprint density at radius 1 is 1.07 bits per heavy atom. The lowest BCUT2D eigenvalue weighted by atomic mass is 10.1. The Kier molecular flexibility index (Phi) is 5.84. The highest BCUT2D eigenvalue weighted by Gasteiger charge is 2.26. The van der Waals surface area contributed by atoms with E-state index in [9.17, 15) is 9.59 Å². The van der Waals surface area contributed by atoms with Crippen LogP contribution in [0.4, 0.5) is 15.5 Å². The van der Waals surface area contributed by atoms with Crippen LogP contribution in [0.25, 0.3) is 11.3 Å². The van der Waals surface area contributed by atoms with Crippen molar-refractivity contribution in [2.75, 3.05) is 5.32 Å². The van der Waals surface area contributed by atoms with Crippen molar-refractivity contribution in [1.82, 2.24) is 9.55 Å². The van der Waals surface area contributed by atoms with E-state index >= 15 is 0 Å². The molecule has 7 nitrogen and oxygen atoms in total. The number of imidazole rings is 1. The van der Waals surface area contributed by atoms with Crippen molar-refractivity contribution in [3.8, 4) is 23.6 Å². The van der Waals surface area contributed by atoms with Crippen LogP contribution in [0.2, 0.25) is 0 Å². The van der Waals surface area contributed by atoms with Crippen molar-refractivity contribution in [1.29, 1.82) is 0 Å². The maximum atomic E-state index is 12.9. The van der Waals surface area contributed by atoms with Crippen LogP contribution >= 0.6 is 0 Å². The Morgan fingerprint density at radius 2 is 1.68 bits per heavy atom. The van der Waals surface area contributed by atoms with Gasteiger partial charge in [-0.2, -0.15) is 0 Å². The number of nitrogens with zero attached hydrogens (tertiary/aromatic N) is 2. The summed E-state index contributed by atoms with van der Waals surface area (Å²) in [5.41, 5.74) is 0.144. The summed E-state index contributed by atoms with van der Waals surface area (Å²) < 4.78 is 11.9. The molecule has 0 atom stereocenters. The maximum absolute atomic E-state index is 12.9. The first-order chi connectivity index (χ1) is 12.9. The Labute approximate surface area is 165 Å². The van der Waals surface area contributed by atoms with Crippen LogP contribution in [0.3, 0.4) is 0 Å². The lowest BCUT2D eigenvalue weighted by Gasteiger charge is -2.22. The zero-order valence-electron chi connectivity index (χ0n) is 17.0. The largest absolute Gasteiger partial charge is 0.444 e. The van der Waals surface area contributed by atoms with Crippen molar-refractivity contribution in [2.24, 2.45) is 0 Å². The lowest BCUT2D eigenvalue weighted by molar-refractivity contribution is 0.0542. The quantitative estimate of drug-likeness (QED) is 0.763. The summed E-state index contributed by atoms with van der Waals surface area (Å²) in [5.74, 6) is 2.56. The van der Waals surface area contributed by atoms with Crippen molar-refractivity contribution < 1.29 is 19.1 Å². The summed E-state index contributed by atoms with van der Waals surface area (Å²) in [7, 11) is 0. The third kappa shape index (κ3) is 5.36. The standard InChI is InChI=1S/C21H25N3O4/c1-8-14-11-9-10-12-15(14)16-13-22-17(23-18(25)27-20(2,3)4)24(16)19(26)28-21(5,6)7/h1,9-13H,2-7H3,(H,22,23,25). The summed E-state index contributed by atoms with van der Waals surface area (Å²) in [6.07, 6.45) is 5.61. The van der Waals surface area contributed by atoms with Crippen LogP contribution in [0.5, 0.6) is 0 Å². The molecule has 0 aliphatic rings. The minimum Gasteiger partial charge on any atom is -0.444 e. The highest BCUT2D eigenvalue weighted by atomic mass is 16.6. The fraction of sp³-hybridized carbons (Fsp3) is 0.381. The average molecular weight is 383 g/mol. The molecule has 1 amide bonds. The van der Waals surface area contributed by atoms with Crippen molar-refractivity contribution in [3.05, 3.63) is 36.0 Å². The van der Waals surface area contributed by atoms with Crippen LogP contribution in [0.15, 0.2) is 30.5 Å². The molecule has 0 aliphatic carbocycles. The molecule has 1 aromatic carbocycles. The molecule has 1 aromatic heterocycles. The molecule has 1 N–H and O–H groups in total. The molecule has 28 heavy (non-hydrogen) atoms. The first-order valence-electron chi connectivity index (χ1n) is 8.78. The van der Waals surface area contributed by atoms with Gasteiger partial charge in [-0.15, -0.1) is 6.42 Å². The number of carbonyl (C=O) groups is 2. The first kappa shape index (κ1) is 21.0. The summed E-state index contributed by atoms with van der Waals surface area (Å²) in [5, 5.41) is 2.50. The van der Waals surface area contributed by atoms with E-state index < -0.39 is 23.4 Å². The Hall–Kier alpha value is -3.27. The molecule has 7 heteroatoms. The van der Waals surface area contributed by atoms with Crippen LogP contribution in [0.1, 0.15) is 47.1 Å². The molecule has 0 saturated carbocycles. The number of hydrogen-bond donors (Lipinski definition) is 1. The number of nitrogens with one attached hydrogen (secondary N) is 1. The summed E-state index contributed by atoms with van der Waals surface area (Å²) in [6, 6.07) is 7.11. The second-order valence-electron chi connectivity index (χ2n) is 8.10. The Balaban J connectivity index is 2.52. The molecule has 148 valence electrons. The van der Waals surface area contributed by atoms with Gasteiger partial charge in [0.15, 0.2) is 0 Å². The number of anilines is 1. The van der Waals surface area contributed by atoms with E-state index in [1.54, 1.807) is 65.8 Å². The molecule has 0 bridgehead atoms. The summed E-state index contributed by atoms with van der Waals surface area (Å²) in [6.45, 7) is 10.5. The van der Waals surface area contributed by atoms with Gasteiger partial charge in [0.2, 0.25) is 5.95 Å². The molecule has 2 aromatic rings. The van der Waals surface area contributed by atoms with Gasteiger partial charge in [0.05, 0.1) is 11.9 Å². The molecular formula is C21H25N3O4. The molecular weight excluding hydrogens is 358 g/mol. The number of ether oxygens (including phenoxy) is 2. The second-order valence-corrected chi connectivity index (χ2v) is 8.10. The van der Waals surface area contributed by atoms with Gasteiger partial charge in [-0.05, 0) is 47.6 Å². The van der Waals surface area contributed by atoms with Gasteiger partial charge >= 0.3 is 12.2 Å². The SMILES string of the molecule is C#Cc1ccccc1-c1cnc(NC(=O)OC(C)(C)C)n1C(=O)OC(C)(C)C. The van der Waals surface area contributed by atoms with Crippen molar-refractivity contribution in [3.63, 3.8) is 0 Å². The minimum atomic E-state index is -0.743. The zero-order chi connectivity index (χ0) is 21.1. The maximum Gasteiger partial charge on any atom is 0.421 e. The Bertz CT molecular complexity index is 924. The highest BCUT2D eigenvalue weighted by molar-refractivity contribution is 5.89. The van der Waals surface area contributed by atoms with Gasteiger partial charge < -0.3 is 9.47 Å². The number of rotatable bonds is 2. The lowest BCUT2D eigenvalue weighted by Crippen LogP contribution is -2.31. The molecule has 1 heterocycles. The number of aromatic nitrogens is 2. The zero-order valence-corrected chi connectivity index (χ0v) is 17.0. The molecule has 0 radical (unpaired) electrons. The van der Waals surface area contributed by atoms with Gasteiger partial charge in [0.1, 0.15) is 11.2 Å². The number of benzene rings is 1. The smallest absolute Gasteiger partial charge is 0.421 e. The molecule has 0 unspecified atom stereocenters. The fourth-order valence-corrected chi connectivity index (χ4v) is 2.35. The number of amides is 1. The topological polar surface area (TPSA) is 82.5 Å². The normalized spacial score (nSPS) is 11.5. The van der Waals surface area contributed by atoms with Gasteiger partial charge in [-0.25, -0.2) is 19.1 Å². The molecule has 0 spiro atoms. The van der Waals surface area contributed by atoms with E-state index in [0.717, 1.165) is 0 Å². The van der Waals surface area contributed by atoms with E-state index in [0.29, 0.717) is 16.8 Å². The van der Waals surface area contributed by atoms with Crippen LogP contribution < -0.4 is 5.32 Å². The first-order valence-corrected chi connectivity index (χ1v) is 8.78. The van der Waals surface area contributed by atoms with E-state index in [2.05, 4.69) is 16.2 Å². The average Bonchev–Trinajstić information content (AvgIpc) is 2.94.